The van der Waals surface area contributed by atoms with Crippen molar-refractivity contribution < 1.29 is 9.53 Å². The minimum absolute atomic E-state index is 0.0488. The molecule has 1 aromatic heterocycles. The minimum atomic E-state index is -0.0488. The summed E-state index contributed by atoms with van der Waals surface area (Å²) in [5.41, 5.74) is 2.10. The zero-order valence-corrected chi connectivity index (χ0v) is 15.5. The Balaban J connectivity index is 1.74. The van der Waals surface area contributed by atoms with Gasteiger partial charge in [0.1, 0.15) is 0 Å². The van der Waals surface area contributed by atoms with Crippen LogP contribution in [0.3, 0.4) is 0 Å². The number of benzene rings is 1. The molecular formula is C16H22N4O2S2. The predicted molar refractivity (Wildman–Crippen MR) is 100 cm³/mol. The normalized spacial score (nSPS) is 10.6. The summed E-state index contributed by atoms with van der Waals surface area (Å²) in [6.07, 6.45) is 2.17. The third-order valence-electron chi connectivity index (χ3n) is 3.09. The molecule has 6 nitrogen and oxygen atoms in total. The highest BCUT2D eigenvalue weighted by Gasteiger charge is 2.08. The summed E-state index contributed by atoms with van der Waals surface area (Å²) in [5, 5.41) is 14.8. The molecule has 0 unspecified atom stereocenters. The first-order valence-corrected chi connectivity index (χ1v) is 9.59. The molecule has 2 N–H and O–H groups in total. The number of rotatable bonds is 10. The molecule has 0 saturated heterocycles. The number of carbonyl (C=O) groups excluding carboxylic acids is 1. The SMILES string of the molecule is CCCc1ccc(NC(=O)CSc2nnc(NCCOC)s2)cc1. The molecule has 0 atom stereocenters. The number of ether oxygens (including phenoxy) is 1. The molecule has 0 fully saturated rings. The number of aryl methyl sites for hydroxylation is 1. The van der Waals surface area contributed by atoms with Gasteiger partial charge in [-0.2, -0.15) is 0 Å². The van der Waals surface area contributed by atoms with E-state index >= 15 is 0 Å². The van der Waals surface area contributed by atoms with Gasteiger partial charge >= 0.3 is 0 Å². The molecule has 0 aliphatic carbocycles. The summed E-state index contributed by atoms with van der Waals surface area (Å²) in [6, 6.07) is 7.98. The van der Waals surface area contributed by atoms with Gasteiger partial charge < -0.3 is 15.4 Å². The van der Waals surface area contributed by atoms with E-state index in [2.05, 4.69) is 39.9 Å². The molecule has 1 aromatic carbocycles. The molecule has 1 amide bonds. The molecule has 0 saturated carbocycles. The van der Waals surface area contributed by atoms with Crippen molar-refractivity contribution in [3.8, 4) is 0 Å². The van der Waals surface area contributed by atoms with Crippen molar-refractivity contribution in [2.75, 3.05) is 36.6 Å². The second-order valence-corrected chi connectivity index (χ2v) is 7.28. The van der Waals surface area contributed by atoms with E-state index in [0.717, 1.165) is 28.0 Å². The summed E-state index contributed by atoms with van der Waals surface area (Å²) in [5.74, 6) is 0.260. The van der Waals surface area contributed by atoms with E-state index in [4.69, 9.17) is 4.74 Å². The highest BCUT2D eigenvalue weighted by molar-refractivity contribution is 8.01. The van der Waals surface area contributed by atoms with Crippen LogP contribution in [0, 0.1) is 0 Å². The maximum absolute atomic E-state index is 12.0. The fourth-order valence-electron chi connectivity index (χ4n) is 1.97. The first-order valence-electron chi connectivity index (χ1n) is 7.79. The average Bonchev–Trinajstić information content (AvgIpc) is 3.03. The lowest BCUT2D eigenvalue weighted by Gasteiger charge is -2.05. The van der Waals surface area contributed by atoms with E-state index in [0.29, 0.717) is 18.9 Å². The summed E-state index contributed by atoms with van der Waals surface area (Å²) in [7, 11) is 1.65. The number of anilines is 2. The summed E-state index contributed by atoms with van der Waals surface area (Å²) in [4.78, 5) is 12.0. The van der Waals surface area contributed by atoms with Crippen LogP contribution < -0.4 is 10.6 Å². The number of hydrogen-bond donors (Lipinski definition) is 2. The van der Waals surface area contributed by atoms with Gasteiger partial charge in [-0.05, 0) is 24.1 Å². The van der Waals surface area contributed by atoms with Crippen LogP contribution in [-0.4, -0.2) is 42.1 Å². The topological polar surface area (TPSA) is 76.1 Å². The van der Waals surface area contributed by atoms with Crippen LogP contribution in [0.5, 0.6) is 0 Å². The van der Waals surface area contributed by atoms with Crippen molar-refractivity contribution in [2.24, 2.45) is 0 Å². The Bertz CT molecular complexity index is 631. The third-order valence-corrected chi connectivity index (χ3v) is 5.11. The Kier molecular flexibility index (Phi) is 8.00. The van der Waals surface area contributed by atoms with E-state index in [-0.39, 0.29) is 5.91 Å². The quantitative estimate of drug-likeness (QED) is 0.496. The van der Waals surface area contributed by atoms with Gasteiger partial charge in [0, 0.05) is 19.3 Å². The molecule has 0 spiro atoms. The largest absolute Gasteiger partial charge is 0.383 e. The number of methoxy groups -OCH3 is 1. The van der Waals surface area contributed by atoms with Gasteiger partial charge in [0.15, 0.2) is 4.34 Å². The predicted octanol–water partition coefficient (Wildman–Crippen LogP) is 3.28. The molecule has 0 aliphatic heterocycles. The molecule has 2 rings (SSSR count). The summed E-state index contributed by atoms with van der Waals surface area (Å²) < 4.78 is 5.73. The first-order chi connectivity index (χ1) is 11.7. The van der Waals surface area contributed by atoms with Crippen LogP contribution in [0.2, 0.25) is 0 Å². The van der Waals surface area contributed by atoms with Crippen molar-refractivity contribution >= 4 is 39.8 Å². The molecular weight excluding hydrogens is 344 g/mol. The Morgan fingerprint density at radius 1 is 1.29 bits per heavy atom. The van der Waals surface area contributed by atoms with Crippen LogP contribution in [0.4, 0.5) is 10.8 Å². The zero-order valence-electron chi connectivity index (χ0n) is 13.9. The number of thioether (sulfide) groups is 1. The van der Waals surface area contributed by atoms with Crippen LogP contribution in [0.15, 0.2) is 28.6 Å². The molecule has 0 bridgehead atoms. The van der Waals surface area contributed by atoms with Crippen molar-refractivity contribution in [3.63, 3.8) is 0 Å². The van der Waals surface area contributed by atoms with E-state index in [9.17, 15) is 4.79 Å². The Morgan fingerprint density at radius 2 is 2.08 bits per heavy atom. The molecule has 0 aliphatic rings. The summed E-state index contributed by atoms with van der Waals surface area (Å²) in [6.45, 7) is 3.45. The fraction of sp³-hybridized carbons (Fsp3) is 0.438. The lowest BCUT2D eigenvalue weighted by molar-refractivity contribution is -0.113. The lowest BCUT2D eigenvalue weighted by Crippen LogP contribution is -2.13. The fourth-order valence-corrected chi connectivity index (χ4v) is 3.54. The number of aromatic nitrogens is 2. The third kappa shape index (κ3) is 6.46. The smallest absolute Gasteiger partial charge is 0.234 e. The summed E-state index contributed by atoms with van der Waals surface area (Å²) >= 11 is 2.81. The second-order valence-electron chi connectivity index (χ2n) is 5.08. The maximum Gasteiger partial charge on any atom is 0.234 e. The molecule has 130 valence electrons. The van der Waals surface area contributed by atoms with Gasteiger partial charge in [-0.15, -0.1) is 10.2 Å². The standard InChI is InChI=1S/C16H22N4O2S2/c1-3-4-12-5-7-13(8-6-12)18-14(21)11-23-16-20-19-15(24-16)17-9-10-22-2/h5-8H,3-4,9-11H2,1-2H3,(H,17,19)(H,18,21). The molecule has 0 radical (unpaired) electrons. The number of nitrogens with zero attached hydrogens (tertiary/aromatic N) is 2. The Morgan fingerprint density at radius 3 is 2.79 bits per heavy atom. The molecule has 2 aromatic rings. The molecule has 1 heterocycles. The van der Waals surface area contributed by atoms with E-state index in [1.807, 2.05) is 12.1 Å². The van der Waals surface area contributed by atoms with Crippen LogP contribution in [0.25, 0.3) is 0 Å². The highest BCUT2D eigenvalue weighted by Crippen LogP contribution is 2.25. The van der Waals surface area contributed by atoms with E-state index < -0.39 is 0 Å². The van der Waals surface area contributed by atoms with Gasteiger partial charge in [-0.25, -0.2) is 0 Å². The van der Waals surface area contributed by atoms with Gasteiger partial charge in [0.25, 0.3) is 0 Å². The van der Waals surface area contributed by atoms with Gasteiger partial charge in [0.2, 0.25) is 11.0 Å². The van der Waals surface area contributed by atoms with Crippen LogP contribution in [0.1, 0.15) is 18.9 Å². The highest BCUT2D eigenvalue weighted by atomic mass is 32.2. The van der Waals surface area contributed by atoms with Crippen molar-refractivity contribution in [1.29, 1.82) is 0 Å². The van der Waals surface area contributed by atoms with Crippen LogP contribution in [-0.2, 0) is 16.0 Å². The minimum Gasteiger partial charge on any atom is -0.383 e. The van der Waals surface area contributed by atoms with E-state index in [1.54, 1.807) is 7.11 Å². The number of carbonyl (C=O) groups is 1. The monoisotopic (exact) mass is 366 g/mol. The molecule has 8 heteroatoms. The van der Waals surface area contributed by atoms with Crippen LogP contribution >= 0.6 is 23.1 Å². The van der Waals surface area contributed by atoms with Crippen molar-refractivity contribution in [3.05, 3.63) is 29.8 Å². The van der Waals surface area contributed by atoms with E-state index in [1.165, 1.54) is 28.7 Å². The Hall–Kier alpha value is -1.64. The second kappa shape index (κ2) is 10.3. The van der Waals surface area contributed by atoms with Gasteiger partial charge in [0.05, 0.1) is 12.4 Å². The molecule has 24 heavy (non-hydrogen) atoms. The average molecular weight is 367 g/mol. The zero-order chi connectivity index (χ0) is 17.2. The Labute approximate surface area is 150 Å². The maximum atomic E-state index is 12.0. The number of hydrogen-bond acceptors (Lipinski definition) is 7. The van der Waals surface area contributed by atoms with Gasteiger partial charge in [-0.3, -0.25) is 4.79 Å². The lowest BCUT2D eigenvalue weighted by atomic mass is 10.1. The van der Waals surface area contributed by atoms with Crippen molar-refractivity contribution in [1.82, 2.24) is 10.2 Å². The first kappa shape index (κ1) is 18.7. The number of nitrogens with one attached hydrogen (secondary N) is 2. The van der Waals surface area contributed by atoms with Crippen molar-refractivity contribution in [2.45, 2.75) is 24.1 Å². The van der Waals surface area contributed by atoms with Gasteiger partial charge in [-0.1, -0.05) is 48.6 Å². The number of amides is 1.